The van der Waals surface area contributed by atoms with Crippen molar-refractivity contribution in [2.24, 2.45) is 0 Å². The van der Waals surface area contributed by atoms with E-state index in [1.165, 1.54) is 7.11 Å². The lowest BCUT2D eigenvalue weighted by Gasteiger charge is -2.15. The van der Waals surface area contributed by atoms with Crippen molar-refractivity contribution in [3.05, 3.63) is 17.7 Å². The molecule has 3 N–H and O–H groups in total. The SMILES string of the molecule is COc1cc(OC)c(N)c(C(=O)NC2CCSC2)c1. The molecule has 1 atom stereocenters. The number of thioether (sulfide) groups is 1. The van der Waals surface area contributed by atoms with Gasteiger partial charge in [0.2, 0.25) is 0 Å². The Labute approximate surface area is 116 Å². The zero-order valence-corrected chi connectivity index (χ0v) is 11.9. The average molecular weight is 282 g/mol. The molecule has 1 aliphatic heterocycles. The molecule has 6 heteroatoms. The fourth-order valence-electron chi connectivity index (χ4n) is 1.99. The number of methoxy groups -OCH3 is 2. The highest BCUT2D eigenvalue weighted by molar-refractivity contribution is 7.99. The summed E-state index contributed by atoms with van der Waals surface area (Å²) in [4.78, 5) is 12.2. The Hall–Kier alpha value is -1.56. The van der Waals surface area contributed by atoms with Crippen molar-refractivity contribution in [1.82, 2.24) is 5.32 Å². The fourth-order valence-corrected chi connectivity index (χ4v) is 3.14. The van der Waals surface area contributed by atoms with E-state index < -0.39 is 0 Å². The van der Waals surface area contributed by atoms with Crippen LogP contribution in [0.5, 0.6) is 11.5 Å². The first-order chi connectivity index (χ1) is 9.15. The predicted octanol–water partition coefficient (Wildman–Crippen LogP) is 1.52. The maximum atomic E-state index is 12.2. The Balaban J connectivity index is 2.23. The van der Waals surface area contributed by atoms with Crippen LogP contribution < -0.4 is 20.5 Å². The topological polar surface area (TPSA) is 73.6 Å². The molecule has 0 radical (unpaired) electrons. The Morgan fingerprint density at radius 3 is 2.79 bits per heavy atom. The summed E-state index contributed by atoms with van der Waals surface area (Å²) in [6.07, 6.45) is 0.997. The molecule has 0 bridgehead atoms. The number of ether oxygens (including phenoxy) is 2. The number of nitrogens with two attached hydrogens (primary N) is 1. The molecule has 1 fully saturated rings. The molecule has 0 spiro atoms. The minimum absolute atomic E-state index is 0.179. The summed E-state index contributed by atoms with van der Waals surface area (Å²) in [6.45, 7) is 0. The van der Waals surface area contributed by atoms with Crippen LogP contribution in [0.25, 0.3) is 0 Å². The number of nitrogens with one attached hydrogen (secondary N) is 1. The maximum Gasteiger partial charge on any atom is 0.253 e. The Morgan fingerprint density at radius 1 is 1.42 bits per heavy atom. The van der Waals surface area contributed by atoms with E-state index in [-0.39, 0.29) is 11.9 Å². The zero-order chi connectivity index (χ0) is 13.8. The van der Waals surface area contributed by atoms with Crippen molar-refractivity contribution in [2.45, 2.75) is 12.5 Å². The number of rotatable bonds is 4. The van der Waals surface area contributed by atoms with Crippen molar-refractivity contribution in [1.29, 1.82) is 0 Å². The summed E-state index contributed by atoms with van der Waals surface area (Å²) in [6, 6.07) is 3.52. The normalized spacial score (nSPS) is 18.1. The van der Waals surface area contributed by atoms with Gasteiger partial charge in [0.1, 0.15) is 11.5 Å². The summed E-state index contributed by atoms with van der Waals surface area (Å²) < 4.78 is 10.3. The second kappa shape index (κ2) is 6.06. The number of hydrogen-bond acceptors (Lipinski definition) is 5. The van der Waals surface area contributed by atoms with Gasteiger partial charge in [-0.3, -0.25) is 4.79 Å². The highest BCUT2D eigenvalue weighted by Gasteiger charge is 2.21. The van der Waals surface area contributed by atoms with E-state index >= 15 is 0 Å². The maximum absolute atomic E-state index is 12.2. The van der Waals surface area contributed by atoms with E-state index in [4.69, 9.17) is 15.2 Å². The van der Waals surface area contributed by atoms with Gasteiger partial charge in [0, 0.05) is 17.9 Å². The highest BCUT2D eigenvalue weighted by Crippen LogP contribution is 2.31. The largest absolute Gasteiger partial charge is 0.497 e. The third-order valence-corrected chi connectivity index (χ3v) is 4.24. The minimum Gasteiger partial charge on any atom is -0.497 e. The van der Waals surface area contributed by atoms with Gasteiger partial charge in [-0.05, 0) is 18.2 Å². The number of carbonyl (C=O) groups is 1. The lowest BCUT2D eigenvalue weighted by atomic mass is 10.1. The molecule has 1 aromatic rings. The van der Waals surface area contributed by atoms with Gasteiger partial charge in [0.25, 0.3) is 5.91 Å². The molecule has 0 aliphatic carbocycles. The van der Waals surface area contributed by atoms with Crippen molar-refractivity contribution in [3.8, 4) is 11.5 Å². The van der Waals surface area contributed by atoms with E-state index in [0.29, 0.717) is 22.7 Å². The smallest absolute Gasteiger partial charge is 0.253 e. The van der Waals surface area contributed by atoms with Gasteiger partial charge >= 0.3 is 0 Å². The summed E-state index contributed by atoms with van der Waals surface area (Å²) >= 11 is 1.84. The van der Waals surface area contributed by atoms with Crippen LogP contribution in [0.15, 0.2) is 12.1 Å². The molecule has 104 valence electrons. The fraction of sp³-hybridized carbons (Fsp3) is 0.462. The van der Waals surface area contributed by atoms with Gasteiger partial charge < -0.3 is 20.5 Å². The Bertz CT molecular complexity index is 473. The monoisotopic (exact) mass is 282 g/mol. The molecule has 0 aromatic heterocycles. The van der Waals surface area contributed by atoms with Crippen LogP contribution in [0.2, 0.25) is 0 Å². The van der Waals surface area contributed by atoms with Gasteiger partial charge in [-0.25, -0.2) is 0 Å². The summed E-state index contributed by atoms with van der Waals surface area (Å²) in [5.74, 6) is 2.86. The third-order valence-electron chi connectivity index (χ3n) is 3.08. The van der Waals surface area contributed by atoms with Gasteiger partial charge in [-0.15, -0.1) is 0 Å². The van der Waals surface area contributed by atoms with Crippen LogP contribution in [0.1, 0.15) is 16.8 Å². The molecule has 1 saturated heterocycles. The molecule has 0 saturated carbocycles. The zero-order valence-electron chi connectivity index (χ0n) is 11.1. The number of anilines is 1. The first-order valence-electron chi connectivity index (χ1n) is 6.05. The molecular weight excluding hydrogens is 264 g/mol. The molecule has 5 nitrogen and oxygen atoms in total. The number of carbonyl (C=O) groups excluding carboxylic acids is 1. The first kappa shape index (κ1) is 13.9. The van der Waals surface area contributed by atoms with E-state index in [2.05, 4.69) is 5.32 Å². The molecule has 1 amide bonds. The molecular formula is C13H18N2O3S. The number of amides is 1. The van der Waals surface area contributed by atoms with Crippen LogP contribution in [0.4, 0.5) is 5.69 Å². The van der Waals surface area contributed by atoms with Gasteiger partial charge in [0.05, 0.1) is 25.5 Å². The van der Waals surface area contributed by atoms with Gasteiger partial charge in [0.15, 0.2) is 0 Å². The summed E-state index contributed by atoms with van der Waals surface area (Å²) in [7, 11) is 3.06. The predicted molar refractivity (Wildman–Crippen MR) is 77.2 cm³/mol. The standard InChI is InChI=1S/C13H18N2O3S/c1-17-9-5-10(12(14)11(6-9)18-2)13(16)15-8-3-4-19-7-8/h5-6,8H,3-4,7,14H2,1-2H3,(H,15,16). The van der Waals surface area contributed by atoms with Crippen LogP contribution in [-0.4, -0.2) is 37.7 Å². The minimum atomic E-state index is -0.179. The first-order valence-corrected chi connectivity index (χ1v) is 7.21. The lowest BCUT2D eigenvalue weighted by Crippen LogP contribution is -2.35. The Kier molecular flexibility index (Phi) is 4.42. The van der Waals surface area contributed by atoms with Crippen LogP contribution >= 0.6 is 11.8 Å². The quantitative estimate of drug-likeness (QED) is 0.819. The van der Waals surface area contributed by atoms with E-state index in [1.54, 1.807) is 19.2 Å². The lowest BCUT2D eigenvalue weighted by molar-refractivity contribution is 0.0941. The molecule has 19 heavy (non-hydrogen) atoms. The molecule has 2 rings (SSSR count). The molecule has 1 aliphatic rings. The Morgan fingerprint density at radius 2 is 2.21 bits per heavy atom. The van der Waals surface area contributed by atoms with Crippen LogP contribution in [0, 0.1) is 0 Å². The number of benzene rings is 1. The van der Waals surface area contributed by atoms with Crippen molar-refractivity contribution < 1.29 is 14.3 Å². The van der Waals surface area contributed by atoms with Crippen LogP contribution in [0.3, 0.4) is 0 Å². The van der Waals surface area contributed by atoms with Gasteiger partial charge in [-0.1, -0.05) is 0 Å². The summed E-state index contributed by atoms with van der Waals surface area (Å²) in [5.41, 5.74) is 6.68. The second-order valence-electron chi connectivity index (χ2n) is 4.32. The third kappa shape index (κ3) is 3.07. The van der Waals surface area contributed by atoms with Crippen LogP contribution in [-0.2, 0) is 0 Å². The number of hydrogen-bond donors (Lipinski definition) is 2. The molecule has 1 heterocycles. The number of nitrogen functional groups attached to an aromatic ring is 1. The van der Waals surface area contributed by atoms with E-state index in [0.717, 1.165) is 17.9 Å². The van der Waals surface area contributed by atoms with Crippen molar-refractivity contribution in [2.75, 3.05) is 31.5 Å². The average Bonchev–Trinajstić information content (AvgIpc) is 2.91. The van der Waals surface area contributed by atoms with E-state index in [1.807, 2.05) is 11.8 Å². The molecule has 1 unspecified atom stereocenters. The molecule has 1 aromatic carbocycles. The van der Waals surface area contributed by atoms with Crippen molar-refractivity contribution in [3.63, 3.8) is 0 Å². The van der Waals surface area contributed by atoms with Crippen molar-refractivity contribution >= 4 is 23.4 Å². The van der Waals surface area contributed by atoms with Gasteiger partial charge in [-0.2, -0.15) is 11.8 Å². The summed E-state index contributed by atoms with van der Waals surface area (Å²) in [5, 5.41) is 2.99. The highest BCUT2D eigenvalue weighted by atomic mass is 32.2. The van der Waals surface area contributed by atoms with E-state index in [9.17, 15) is 4.79 Å². The second-order valence-corrected chi connectivity index (χ2v) is 5.47.